The molecule has 3 N–H and O–H groups in total. The van der Waals surface area contributed by atoms with E-state index in [0.29, 0.717) is 17.9 Å². The van der Waals surface area contributed by atoms with Gasteiger partial charge in [0.15, 0.2) is 5.78 Å². The van der Waals surface area contributed by atoms with E-state index in [1.54, 1.807) is 19.9 Å². The van der Waals surface area contributed by atoms with Crippen molar-refractivity contribution in [1.82, 2.24) is 10.6 Å². The summed E-state index contributed by atoms with van der Waals surface area (Å²) in [4.78, 5) is 50.2. The monoisotopic (exact) mass is 580 g/mol. The second-order valence-corrected chi connectivity index (χ2v) is 10.7. The van der Waals surface area contributed by atoms with E-state index in [4.69, 9.17) is 16.3 Å². The number of benzene rings is 2. The van der Waals surface area contributed by atoms with Gasteiger partial charge in [-0.05, 0) is 38.0 Å². The Hall–Kier alpha value is -3.11. The maximum atomic E-state index is 14.0. The molecule has 0 aromatic heterocycles. The summed E-state index contributed by atoms with van der Waals surface area (Å²) in [5.41, 5.74) is 1.85. The lowest BCUT2D eigenvalue weighted by Gasteiger charge is -2.25. The fraction of sp³-hybridized carbons (Fsp3) is 0.429. The Labute approximate surface area is 237 Å². The normalized spacial score (nSPS) is 12.5. The van der Waals surface area contributed by atoms with Gasteiger partial charge in [-0.2, -0.15) is 0 Å². The zero-order chi connectivity index (χ0) is 29.1. The summed E-state index contributed by atoms with van der Waals surface area (Å²) in [7, 11) is 0. The van der Waals surface area contributed by atoms with Crippen LogP contribution in [0.1, 0.15) is 43.9 Å². The summed E-state index contributed by atoms with van der Waals surface area (Å²) >= 11 is 7.08. The first-order valence-electron chi connectivity index (χ1n) is 12.5. The number of halogens is 2. The number of thioether (sulfide) groups is 1. The number of Topliss-reactive ketones (excluding diaryl/α,β-unsaturated/α-hetero) is 1. The molecule has 2 amide bonds. The van der Waals surface area contributed by atoms with Crippen LogP contribution in [0.25, 0.3) is 0 Å². The Kier molecular flexibility index (Phi) is 12.7. The molecule has 11 heteroatoms. The smallest absolute Gasteiger partial charge is 0.305 e. The molecule has 39 heavy (non-hydrogen) atoms. The first-order valence-corrected chi connectivity index (χ1v) is 14.0. The van der Waals surface area contributed by atoms with Crippen LogP contribution in [0.4, 0.5) is 4.39 Å². The van der Waals surface area contributed by atoms with E-state index >= 15 is 0 Å². The van der Waals surface area contributed by atoms with Gasteiger partial charge >= 0.3 is 5.97 Å². The number of nitrogens with one attached hydrogen (secondary N) is 2. The first-order chi connectivity index (χ1) is 18.4. The molecule has 0 radical (unpaired) electrons. The summed E-state index contributed by atoms with van der Waals surface area (Å²) in [6.45, 7) is 7.62. The SMILES string of the molecule is CCOc1ccc(C)cc1CC(=O)N[C@H](C(=O)N[C@@H](CC(=O)O)C(=O)CSCc1c(F)cccc1Cl)C(C)C. The number of hydrogen-bond donors (Lipinski definition) is 3. The van der Waals surface area contributed by atoms with Crippen LogP contribution in [0.15, 0.2) is 36.4 Å². The highest BCUT2D eigenvalue weighted by molar-refractivity contribution is 7.99. The minimum absolute atomic E-state index is 0.0275. The molecule has 0 bridgehead atoms. The van der Waals surface area contributed by atoms with Gasteiger partial charge in [0.1, 0.15) is 17.6 Å². The van der Waals surface area contributed by atoms with Crippen LogP contribution in [-0.2, 0) is 31.4 Å². The number of carbonyl (C=O) groups excluding carboxylic acids is 3. The molecule has 2 atom stereocenters. The van der Waals surface area contributed by atoms with Crippen LogP contribution in [0.5, 0.6) is 5.75 Å². The van der Waals surface area contributed by atoms with Crippen molar-refractivity contribution in [2.75, 3.05) is 12.4 Å². The van der Waals surface area contributed by atoms with Crippen LogP contribution in [0.2, 0.25) is 5.02 Å². The number of aryl methyl sites for hydroxylation is 1. The number of ketones is 1. The van der Waals surface area contributed by atoms with E-state index in [-0.39, 0.29) is 34.4 Å². The van der Waals surface area contributed by atoms with Gasteiger partial charge < -0.3 is 20.5 Å². The van der Waals surface area contributed by atoms with Crippen LogP contribution >= 0.6 is 23.4 Å². The quantitative estimate of drug-likeness (QED) is 0.287. The van der Waals surface area contributed by atoms with Crippen molar-refractivity contribution in [2.24, 2.45) is 5.92 Å². The number of carboxylic acid groups (broad SMARTS) is 1. The topological polar surface area (TPSA) is 122 Å². The number of ether oxygens (including phenoxy) is 1. The number of aliphatic carboxylic acids is 1. The second kappa shape index (κ2) is 15.5. The van der Waals surface area contributed by atoms with Crippen molar-refractivity contribution in [1.29, 1.82) is 0 Å². The molecule has 0 aliphatic rings. The number of carboxylic acids is 1. The molecule has 0 unspecified atom stereocenters. The van der Waals surface area contributed by atoms with Crippen molar-refractivity contribution in [2.45, 2.75) is 58.4 Å². The molecular formula is C28H34ClFN2O6S. The average molecular weight is 581 g/mol. The predicted octanol–water partition coefficient (Wildman–Crippen LogP) is 4.33. The van der Waals surface area contributed by atoms with Crippen LogP contribution in [-0.4, -0.2) is 53.1 Å². The van der Waals surface area contributed by atoms with Gasteiger partial charge in [-0.3, -0.25) is 19.2 Å². The highest BCUT2D eigenvalue weighted by Crippen LogP contribution is 2.24. The molecule has 2 aromatic rings. The van der Waals surface area contributed by atoms with Crippen molar-refractivity contribution >= 4 is 46.9 Å². The summed E-state index contributed by atoms with van der Waals surface area (Å²) < 4.78 is 19.6. The van der Waals surface area contributed by atoms with Gasteiger partial charge in [-0.25, -0.2) is 4.39 Å². The third kappa shape index (κ3) is 10.2. The lowest BCUT2D eigenvalue weighted by molar-refractivity contribution is -0.140. The molecule has 2 aromatic carbocycles. The second-order valence-electron chi connectivity index (χ2n) is 9.33. The number of hydrogen-bond acceptors (Lipinski definition) is 6. The predicted molar refractivity (Wildman–Crippen MR) is 150 cm³/mol. The Morgan fingerprint density at radius 3 is 2.46 bits per heavy atom. The summed E-state index contributed by atoms with van der Waals surface area (Å²) in [5.74, 6) is -3.27. The third-order valence-corrected chi connectivity index (χ3v) is 7.10. The Morgan fingerprint density at radius 1 is 1.13 bits per heavy atom. The zero-order valence-corrected chi connectivity index (χ0v) is 24.0. The number of rotatable bonds is 15. The van der Waals surface area contributed by atoms with Crippen molar-refractivity contribution in [3.8, 4) is 5.75 Å². The highest BCUT2D eigenvalue weighted by Gasteiger charge is 2.30. The molecule has 0 saturated heterocycles. The molecule has 0 aliphatic heterocycles. The number of amides is 2. The van der Waals surface area contributed by atoms with Crippen molar-refractivity contribution < 1.29 is 33.4 Å². The lowest BCUT2D eigenvalue weighted by Crippen LogP contribution is -2.54. The molecule has 0 spiro atoms. The first kappa shape index (κ1) is 32.1. The molecule has 0 heterocycles. The maximum Gasteiger partial charge on any atom is 0.305 e. The van der Waals surface area contributed by atoms with Crippen LogP contribution in [0, 0.1) is 18.7 Å². The highest BCUT2D eigenvalue weighted by atomic mass is 35.5. The molecule has 2 rings (SSSR count). The van der Waals surface area contributed by atoms with Crippen molar-refractivity contribution in [3.63, 3.8) is 0 Å². The Balaban J connectivity index is 2.07. The van der Waals surface area contributed by atoms with E-state index in [1.165, 1.54) is 18.2 Å². The minimum Gasteiger partial charge on any atom is -0.494 e. The van der Waals surface area contributed by atoms with Crippen LogP contribution in [0.3, 0.4) is 0 Å². The Bertz CT molecular complexity index is 1170. The lowest BCUT2D eigenvalue weighted by atomic mass is 10.0. The fourth-order valence-electron chi connectivity index (χ4n) is 3.78. The van der Waals surface area contributed by atoms with Gasteiger partial charge in [0.2, 0.25) is 11.8 Å². The molecule has 0 fully saturated rings. The number of carbonyl (C=O) groups is 4. The zero-order valence-electron chi connectivity index (χ0n) is 22.4. The van der Waals surface area contributed by atoms with Gasteiger partial charge in [0.05, 0.1) is 31.2 Å². The molecule has 8 nitrogen and oxygen atoms in total. The van der Waals surface area contributed by atoms with E-state index in [0.717, 1.165) is 17.3 Å². The van der Waals surface area contributed by atoms with Gasteiger partial charge in [0, 0.05) is 21.9 Å². The van der Waals surface area contributed by atoms with Crippen LogP contribution < -0.4 is 15.4 Å². The molecule has 0 saturated carbocycles. The van der Waals surface area contributed by atoms with E-state index in [9.17, 15) is 28.7 Å². The fourth-order valence-corrected chi connectivity index (χ4v) is 5.09. The minimum atomic E-state index is -1.32. The van der Waals surface area contributed by atoms with E-state index < -0.39 is 47.9 Å². The van der Waals surface area contributed by atoms with E-state index in [2.05, 4.69) is 10.6 Å². The van der Waals surface area contributed by atoms with E-state index in [1.807, 2.05) is 26.0 Å². The maximum absolute atomic E-state index is 14.0. The summed E-state index contributed by atoms with van der Waals surface area (Å²) in [5, 5.41) is 14.7. The molecular weight excluding hydrogens is 547 g/mol. The molecule has 0 aliphatic carbocycles. The Morgan fingerprint density at radius 2 is 1.85 bits per heavy atom. The van der Waals surface area contributed by atoms with Gasteiger partial charge in [0.25, 0.3) is 0 Å². The molecule has 212 valence electrons. The summed E-state index contributed by atoms with van der Waals surface area (Å²) in [6, 6.07) is 7.43. The average Bonchev–Trinajstić information content (AvgIpc) is 2.85. The standard InChI is InChI=1S/C28H34ClFN2O6S/c1-5-38-24-10-9-17(4)11-18(24)12-25(34)32-27(16(2)3)28(37)31-22(13-26(35)36)23(33)15-39-14-19-20(29)7-6-8-21(19)30/h6-11,16,22,27H,5,12-15H2,1-4H3,(H,31,37)(H,32,34)(H,35,36)/t22-,27-/m0/s1. The third-order valence-electron chi connectivity index (χ3n) is 5.77. The summed E-state index contributed by atoms with van der Waals surface area (Å²) in [6.07, 6.45) is -0.661. The van der Waals surface area contributed by atoms with Gasteiger partial charge in [-0.15, -0.1) is 11.8 Å². The van der Waals surface area contributed by atoms with Gasteiger partial charge in [-0.1, -0.05) is 49.2 Å². The largest absolute Gasteiger partial charge is 0.494 e. The van der Waals surface area contributed by atoms with Crippen molar-refractivity contribution in [3.05, 3.63) is 63.9 Å².